The summed E-state index contributed by atoms with van der Waals surface area (Å²) in [5.74, 6) is 1.44. The van der Waals surface area contributed by atoms with E-state index in [2.05, 4.69) is 32.1 Å². The van der Waals surface area contributed by atoms with Gasteiger partial charge < -0.3 is 18.8 Å². The summed E-state index contributed by atoms with van der Waals surface area (Å²) in [5, 5.41) is 10.0. The molecule has 41 heavy (non-hydrogen) atoms. The molecule has 9 nitrogen and oxygen atoms in total. The Bertz CT molecular complexity index is 1680. The Kier molecular flexibility index (Phi) is 8.18. The molecule has 0 amide bonds. The minimum atomic E-state index is -0.205. The van der Waals surface area contributed by atoms with Crippen LogP contribution in [-0.2, 0) is 13.1 Å². The third-order valence-electron chi connectivity index (χ3n) is 7.40. The molecule has 0 radical (unpaired) electrons. The number of ether oxygens (including phenoxy) is 2. The maximum Gasteiger partial charge on any atom is 0.270 e. The zero-order valence-electron chi connectivity index (χ0n) is 23.0. The van der Waals surface area contributed by atoms with Crippen LogP contribution in [0.3, 0.4) is 0 Å². The van der Waals surface area contributed by atoms with Crippen LogP contribution in [0.15, 0.2) is 75.9 Å². The Morgan fingerprint density at radius 2 is 1.54 bits per heavy atom. The van der Waals surface area contributed by atoms with E-state index in [1.807, 2.05) is 42.5 Å². The zero-order chi connectivity index (χ0) is 28.2. The molecular formula is C31H32ClN5O4. The van der Waals surface area contributed by atoms with E-state index in [0.717, 1.165) is 62.0 Å². The van der Waals surface area contributed by atoms with Crippen LogP contribution in [0.5, 0.6) is 11.5 Å². The molecule has 0 saturated carbocycles. The number of benzene rings is 3. The molecular weight excluding hydrogens is 542 g/mol. The molecule has 1 saturated heterocycles. The molecule has 5 aromatic rings. The number of nitrogens with zero attached hydrogens (tertiary/aromatic N) is 5. The quantitative estimate of drug-likeness (QED) is 0.220. The Morgan fingerprint density at radius 1 is 0.854 bits per heavy atom. The number of aromatic nitrogens is 3. The van der Waals surface area contributed by atoms with Gasteiger partial charge in [-0.05, 0) is 53.9 Å². The van der Waals surface area contributed by atoms with Crippen molar-refractivity contribution in [2.24, 2.45) is 0 Å². The van der Waals surface area contributed by atoms with E-state index < -0.39 is 0 Å². The molecule has 0 spiro atoms. The lowest BCUT2D eigenvalue weighted by Gasteiger charge is -2.34. The molecule has 1 aliphatic heterocycles. The fourth-order valence-electron chi connectivity index (χ4n) is 5.10. The van der Waals surface area contributed by atoms with Crippen LogP contribution < -0.4 is 14.9 Å². The number of methoxy groups -OCH3 is 1. The van der Waals surface area contributed by atoms with Crippen LogP contribution in [0.2, 0.25) is 5.02 Å². The molecule has 1 aliphatic rings. The van der Waals surface area contributed by atoms with Gasteiger partial charge >= 0.3 is 0 Å². The monoisotopic (exact) mass is 573 g/mol. The van der Waals surface area contributed by atoms with Crippen molar-refractivity contribution < 1.29 is 13.9 Å². The van der Waals surface area contributed by atoms with Crippen LogP contribution in [0, 0.1) is 0 Å². The molecule has 0 bridgehead atoms. The van der Waals surface area contributed by atoms with Gasteiger partial charge in [0.05, 0.1) is 25.6 Å². The van der Waals surface area contributed by atoms with Crippen molar-refractivity contribution >= 4 is 33.8 Å². The lowest BCUT2D eigenvalue weighted by molar-refractivity contribution is 0.121. The first-order valence-corrected chi connectivity index (χ1v) is 14.2. The molecule has 0 N–H and O–H groups in total. The minimum absolute atomic E-state index is 0.205. The summed E-state index contributed by atoms with van der Waals surface area (Å²) in [6.45, 7) is 7.12. The van der Waals surface area contributed by atoms with E-state index >= 15 is 0 Å². The van der Waals surface area contributed by atoms with Gasteiger partial charge in [-0.1, -0.05) is 35.9 Å². The summed E-state index contributed by atoms with van der Waals surface area (Å²) in [6, 6.07) is 21.0. The van der Waals surface area contributed by atoms with Crippen molar-refractivity contribution in [2.75, 3.05) is 46.4 Å². The summed E-state index contributed by atoms with van der Waals surface area (Å²) < 4.78 is 17.2. The van der Waals surface area contributed by atoms with Crippen molar-refractivity contribution in [1.82, 2.24) is 24.8 Å². The van der Waals surface area contributed by atoms with Crippen molar-refractivity contribution in [2.45, 2.75) is 19.5 Å². The summed E-state index contributed by atoms with van der Waals surface area (Å²) in [4.78, 5) is 19.5. The molecule has 0 unspecified atom stereocenters. The molecule has 6 rings (SSSR count). The van der Waals surface area contributed by atoms with Crippen molar-refractivity contribution in [3.8, 4) is 11.5 Å². The van der Waals surface area contributed by atoms with Crippen LogP contribution in [0.4, 0.5) is 0 Å². The molecule has 2 aromatic heterocycles. The van der Waals surface area contributed by atoms with Crippen LogP contribution in [0.1, 0.15) is 17.5 Å². The van der Waals surface area contributed by atoms with Crippen molar-refractivity contribution in [3.63, 3.8) is 0 Å². The van der Waals surface area contributed by atoms with Gasteiger partial charge in [-0.3, -0.25) is 9.69 Å². The van der Waals surface area contributed by atoms with E-state index in [-0.39, 0.29) is 16.7 Å². The van der Waals surface area contributed by atoms with E-state index in [1.54, 1.807) is 19.2 Å². The van der Waals surface area contributed by atoms with Gasteiger partial charge in [0.1, 0.15) is 17.1 Å². The average Bonchev–Trinajstić information content (AvgIpc) is 3.40. The third-order valence-corrected chi connectivity index (χ3v) is 7.65. The normalized spacial score (nSPS) is 14.6. The van der Waals surface area contributed by atoms with Gasteiger partial charge in [-0.25, -0.2) is 0 Å². The standard InChI is InChI=1S/C31H32ClN5O4/c1-39-25-9-5-23(6-10-25)21-37-33-29-30(38)27-12-11-26(19-28(27)41-31(29)34-37)40-18-2-13-35-14-16-36(17-15-35)20-22-3-7-24(32)8-4-22/h3-12,19H,2,13-18,20-21H2,1H3. The maximum absolute atomic E-state index is 13.1. The second-order valence-corrected chi connectivity index (χ2v) is 10.7. The summed E-state index contributed by atoms with van der Waals surface area (Å²) in [7, 11) is 1.63. The van der Waals surface area contributed by atoms with Gasteiger partial charge in [-0.2, -0.15) is 4.80 Å². The molecule has 0 aliphatic carbocycles. The third kappa shape index (κ3) is 6.53. The first-order chi connectivity index (χ1) is 20.0. The van der Waals surface area contributed by atoms with Gasteiger partial charge in [0.15, 0.2) is 5.52 Å². The lowest BCUT2D eigenvalue weighted by atomic mass is 10.2. The number of halogens is 1. The van der Waals surface area contributed by atoms with Gasteiger partial charge in [0.2, 0.25) is 5.43 Å². The second-order valence-electron chi connectivity index (χ2n) is 10.3. The number of piperazine rings is 1. The van der Waals surface area contributed by atoms with Crippen LogP contribution >= 0.6 is 11.6 Å². The number of hydrogen-bond donors (Lipinski definition) is 0. The highest BCUT2D eigenvalue weighted by molar-refractivity contribution is 6.30. The first-order valence-electron chi connectivity index (χ1n) is 13.8. The van der Waals surface area contributed by atoms with E-state index in [0.29, 0.717) is 29.9 Å². The van der Waals surface area contributed by atoms with Gasteiger partial charge in [0, 0.05) is 50.4 Å². The Morgan fingerprint density at radius 3 is 2.29 bits per heavy atom. The van der Waals surface area contributed by atoms with E-state index in [9.17, 15) is 4.79 Å². The zero-order valence-corrected chi connectivity index (χ0v) is 23.7. The predicted molar refractivity (Wildman–Crippen MR) is 159 cm³/mol. The Labute approximate surface area is 242 Å². The predicted octanol–water partition coefficient (Wildman–Crippen LogP) is 4.83. The maximum atomic E-state index is 13.1. The van der Waals surface area contributed by atoms with E-state index in [4.69, 9.17) is 25.5 Å². The fraction of sp³-hybridized carbons (Fsp3) is 0.323. The van der Waals surface area contributed by atoms with Crippen LogP contribution in [-0.4, -0.2) is 71.2 Å². The highest BCUT2D eigenvalue weighted by Crippen LogP contribution is 2.22. The summed E-state index contributed by atoms with van der Waals surface area (Å²) in [6.07, 6.45) is 0.915. The van der Waals surface area contributed by atoms with Gasteiger partial charge in [0.25, 0.3) is 5.71 Å². The molecule has 0 atom stereocenters. The van der Waals surface area contributed by atoms with Crippen molar-refractivity contribution in [1.29, 1.82) is 0 Å². The van der Waals surface area contributed by atoms with Crippen LogP contribution in [0.25, 0.3) is 22.2 Å². The molecule has 212 valence electrons. The second kappa shape index (κ2) is 12.3. The minimum Gasteiger partial charge on any atom is -0.497 e. The lowest BCUT2D eigenvalue weighted by Crippen LogP contribution is -2.46. The number of rotatable bonds is 10. The summed E-state index contributed by atoms with van der Waals surface area (Å²) >= 11 is 6.00. The highest BCUT2D eigenvalue weighted by atomic mass is 35.5. The highest BCUT2D eigenvalue weighted by Gasteiger charge is 2.17. The fourth-order valence-corrected chi connectivity index (χ4v) is 5.23. The summed E-state index contributed by atoms with van der Waals surface area (Å²) in [5.41, 5.74) is 2.94. The molecule has 3 heterocycles. The first kappa shape index (κ1) is 27.3. The smallest absolute Gasteiger partial charge is 0.270 e. The molecule has 1 fully saturated rings. The topological polar surface area (TPSA) is 85.9 Å². The molecule has 10 heteroatoms. The Hall–Kier alpha value is -3.92. The Balaban J connectivity index is 1.01. The largest absolute Gasteiger partial charge is 0.497 e. The number of hydrogen-bond acceptors (Lipinski definition) is 8. The number of fused-ring (bicyclic) bond motifs is 2. The molecule has 3 aromatic carbocycles. The SMILES string of the molecule is COc1ccc(Cn2nc3oc4cc(OCCCN5CCN(Cc6ccc(Cl)cc6)CC5)ccc4c(=O)c3n2)cc1. The van der Waals surface area contributed by atoms with Gasteiger partial charge in [-0.15, -0.1) is 10.2 Å². The van der Waals surface area contributed by atoms with Crippen molar-refractivity contribution in [3.05, 3.63) is 93.1 Å². The average molecular weight is 574 g/mol. The van der Waals surface area contributed by atoms with E-state index in [1.165, 1.54) is 10.4 Å².